The maximum absolute atomic E-state index is 11.2. The van der Waals surface area contributed by atoms with Gasteiger partial charge in [-0.1, -0.05) is 28.1 Å². The van der Waals surface area contributed by atoms with E-state index in [0.717, 1.165) is 21.4 Å². The Hall–Kier alpha value is 0.01000. The number of hydrogen-bond donors (Lipinski definition) is 1. The predicted octanol–water partition coefficient (Wildman–Crippen LogP) is 3.22. The van der Waals surface area contributed by atoms with E-state index < -0.39 is 0 Å². The molecule has 0 saturated carbocycles. The van der Waals surface area contributed by atoms with E-state index in [9.17, 15) is 4.79 Å². The van der Waals surface area contributed by atoms with Gasteiger partial charge in [0.1, 0.15) is 0 Å². The van der Waals surface area contributed by atoms with E-state index in [1.807, 2.05) is 18.2 Å². The first kappa shape index (κ1) is 12.1. The lowest BCUT2D eigenvalue weighted by atomic mass is 10.1. The SMILES string of the molecule is O=C(CCl)Cc1cc(CBr)ccc1S. The summed E-state index contributed by atoms with van der Waals surface area (Å²) in [6.07, 6.45) is 0.364. The Bertz CT molecular complexity index is 341. The average molecular weight is 294 g/mol. The average Bonchev–Trinajstić information content (AvgIpc) is 2.21. The van der Waals surface area contributed by atoms with Crippen molar-refractivity contribution in [2.75, 3.05) is 5.88 Å². The largest absolute Gasteiger partial charge is 0.298 e. The molecule has 0 unspecified atom stereocenters. The summed E-state index contributed by atoms with van der Waals surface area (Å²) in [5.41, 5.74) is 2.08. The molecule has 0 bridgehead atoms. The van der Waals surface area contributed by atoms with Gasteiger partial charge in [-0.15, -0.1) is 24.2 Å². The van der Waals surface area contributed by atoms with Gasteiger partial charge in [-0.2, -0.15) is 0 Å². The molecule has 14 heavy (non-hydrogen) atoms. The summed E-state index contributed by atoms with van der Waals surface area (Å²) in [4.78, 5) is 12.0. The molecule has 0 N–H and O–H groups in total. The number of hydrogen-bond acceptors (Lipinski definition) is 2. The highest BCUT2D eigenvalue weighted by Crippen LogP contribution is 2.18. The first-order chi connectivity index (χ1) is 6.67. The Kier molecular flexibility index (Phi) is 4.99. The van der Waals surface area contributed by atoms with Crippen molar-refractivity contribution in [1.82, 2.24) is 0 Å². The van der Waals surface area contributed by atoms with Crippen molar-refractivity contribution in [3.8, 4) is 0 Å². The number of halogens is 2. The minimum atomic E-state index is 0.0219. The lowest BCUT2D eigenvalue weighted by molar-refractivity contribution is -0.116. The Morgan fingerprint density at radius 3 is 2.79 bits per heavy atom. The molecule has 0 atom stereocenters. The van der Waals surface area contributed by atoms with E-state index in [-0.39, 0.29) is 11.7 Å². The van der Waals surface area contributed by atoms with Crippen LogP contribution in [0.4, 0.5) is 0 Å². The van der Waals surface area contributed by atoms with Gasteiger partial charge in [-0.05, 0) is 17.2 Å². The number of Topliss-reactive ketones (excluding diaryl/α,β-unsaturated/α-hetero) is 1. The van der Waals surface area contributed by atoms with Crippen molar-refractivity contribution >= 4 is 45.9 Å². The van der Waals surface area contributed by atoms with E-state index in [1.165, 1.54) is 0 Å². The highest BCUT2D eigenvalue weighted by Gasteiger charge is 2.06. The van der Waals surface area contributed by atoms with Crippen molar-refractivity contribution in [3.63, 3.8) is 0 Å². The van der Waals surface area contributed by atoms with Crippen LogP contribution >= 0.6 is 40.2 Å². The number of alkyl halides is 2. The normalized spacial score (nSPS) is 10.2. The number of carbonyl (C=O) groups is 1. The summed E-state index contributed by atoms with van der Waals surface area (Å²) in [6, 6.07) is 5.85. The molecule has 0 saturated heterocycles. The molecule has 1 aromatic carbocycles. The van der Waals surface area contributed by atoms with Crippen LogP contribution in [0.1, 0.15) is 11.1 Å². The fraction of sp³-hybridized carbons (Fsp3) is 0.300. The van der Waals surface area contributed by atoms with Gasteiger partial charge in [0.25, 0.3) is 0 Å². The van der Waals surface area contributed by atoms with E-state index in [0.29, 0.717) is 6.42 Å². The lowest BCUT2D eigenvalue weighted by Gasteiger charge is -2.05. The summed E-state index contributed by atoms with van der Waals surface area (Å²) < 4.78 is 0. The molecule has 0 aliphatic heterocycles. The van der Waals surface area contributed by atoms with E-state index in [1.54, 1.807) is 0 Å². The molecule has 0 fully saturated rings. The molecule has 0 aromatic heterocycles. The quantitative estimate of drug-likeness (QED) is 0.666. The number of carbonyl (C=O) groups excluding carboxylic acids is 1. The molecule has 0 heterocycles. The zero-order valence-electron chi connectivity index (χ0n) is 7.46. The smallest absolute Gasteiger partial charge is 0.151 e. The van der Waals surface area contributed by atoms with Gasteiger partial charge in [0.15, 0.2) is 5.78 Å². The monoisotopic (exact) mass is 292 g/mol. The van der Waals surface area contributed by atoms with Crippen LogP contribution in [0.15, 0.2) is 23.1 Å². The lowest BCUT2D eigenvalue weighted by Crippen LogP contribution is -2.04. The van der Waals surface area contributed by atoms with Crippen molar-refractivity contribution in [2.45, 2.75) is 16.6 Å². The fourth-order valence-electron chi connectivity index (χ4n) is 1.12. The van der Waals surface area contributed by atoms with Gasteiger partial charge in [-0.25, -0.2) is 0 Å². The van der Waals surface area contributed by atoms with Gasteiger partial charge in [0, 0.05) is 16.6 Å². The number of ketones is 1. The summed E-state index contributed by atoms with van der Waals surface area (Å²) in [5, 5.41) is 0.781. The van der Waals surface area contributed by atoms with E-state index >= 15 is 0 Å². The molecular formula is C10H10BrClOS. The summed E-state index contributed by atoms with van der Waals surface area (Å²) in [7, 11) is 0. The van der Waals surface area contributed by atoms with Crippen molar-refractivity contribution in [1.29, 1.82) is 0 Å². The van der Waals surface area contributed by atoms with Crippen LogP contribution in [0.3, 0.4) is 0 Å². The van der Waals surface area contributed by atoms with Crippen LogP contribution in [0, 0.1) is 0 Å². The van der Waals surface area contributed by atoms with Crippen molar-refractivity contribution in [2.24, 2.45) is 0 Å². The predicted molar refractivity (Wildman–Crippen MR) is 65.8 cm³/mol. The fourth-order valence-corrected chi connectivity index (χ4v) is 1.78. The first-order valence-electron chi connectivity index (χ1n) is 4.11. The molecule has 0 radical (unpaired) electrons. The summed E-state index contributed by atoms with van der Waals surface area (Å²) >= 11 is 13.1. The van der Waals surface area contributed by atoms with E-state index in [2.05, 4.69) is 28.6 Å². The topological polar surface area (TPSA) is 17.1 Å². The van der Waals surface area contributed by atoms with Gasteiger partial charge < -0.3 is 0 Å². The third-order valence-electron chi connectivity index (χ3n) is 1.83. The molecule has 0 spiro atoms. The van der Waals surface area contributed by atoms with Crippen LogP contribution < -0.4 is 0 Å². The third-order valence-corrected chi connectivity index (χ3v) is 3.22. The second-order valence-electron chi connectivity index (χ2n) is 2.95. The second-order valence-corrected chi connectivity index (χ2v) is 4.26. The maximum Gasteiger partial charge on any atom is 0.151 e. The zero-order valence-corrected chi connectivity index (χ0v) is 10.7. The van der Waals surface area contributed by atoms with Crippen molar-refractivity contribution in [3.05, 3.63) is 29.3 Å². The highest BCUT2D eigenvalue weighted by molar-refractivity contribution is 9.08. The first-order valence-corrected chi connectivity index (χ1v) is 6.22. The maximum atomic E-state index is 11.2. The minimum Gasteiger partial charge on any atom is -0.298 e. The highest BCUT2D eigenvalue weighted by atomic mass is 79.9. The van der Waals surface area contributed by atoms with Crippen molar-refractivity contribution < 1.29 is 4.79 Å². The molecule has 76 valence electrons. The molecule has 0 aliphatic carbocycles. The molecule has 1 rings (SSSR count). The molecule has 0 aliphatic rings. The third kappa shape index (κ3) is 3.30. The molecule has 0 amide bonds. The zero-order chi connectivity index (χ0) is 10.6. The number of thiol groups is 1. The van der Waals surface area contributed by atoms with Crippen LogP contribution in [0.25, 0.3) is 0 Å². The number of benzene rings is 1. The van der Waals surface area contributed by atoms with Crippen LogP contribution in [0.5, 0.6) is 0 Å². The summed E-state index contributed by atoms with van der Waals surface area (Å²) in [5.74, 6) is 0.0832. The van der Waals surface area contributed by atoms with Gasteiger partial charge in [-0.3, -0.25) is 4.79 Å². The Morgan fingerprint density at radius 1 is 1.50 bits per heavy atom. The van der Waals surface area contributed by atoms with Crippen LogP contribution in [0.2, 0.25) is 0 Å². The number of rotatable bonds is 4. The van der Waals surface area contributed by atoms with Crippen LogP contribution in [-0.2, 0) is 16.5 Å². The molecule has 4 heteroatoms. The molecular weight excluding hydrogens is 284 g/mol. The molecule has 1 nitrogen and oxygen atoms in total. The van der Waals surface area contributed by atoms with Gasteiger partial charge in [0.05, 0.1) is 5.88 Å². The Morgan fingerprint density at radius 2 is 2.21 bits per heavy atom. The minimum absolute atomic E-state index is 0.0219. The van der Waals surface area contributed by atoms with Crippen LogP contribution in [-0.4, -0.2) is 11.7 Å². The van der Waals surface area contributed by atoms with Gasteiger partial charge >= 0.3 is 0 Å². The Balaban J connectivity index is 2.89. The standard InChI is InChI=1S/C10H10BrClOS/c11-5-7-1-2-10(14)8(3-7)4-9(13)6-12/h1-3,14H,4-6H2. The Labute approximate surface area is 102 Å². The second kappa shape index (κ2) is 5.79. The summed E-state index contributed by atoms with van der Waals surface area (Å²) in [6.45, 7) is 0. The van der Waals surface area contributed by atoms with Gasteiger partial charge in [0.2, 0.25) is 0 Å². The van der Waals surface area contributed by atoms with E-state index in [4.69, 9.17) is 11.6 Å². The molecule has 1 aromatic rings.